The SMILES string of the molecule is CCOC(=O)C1CCCN(C(=NC)NCCCC(C)C)C1. The number of piperidine rings is 1. The van der Waals surface area contributed by atoms with Crippen LogP contribution in [0, 0.1) is 11.8 Å². The Kier molecular flexibility index (Phi) is 8.16. The van der Waals surface area contributed by atoms with Crippen LogP contribution in [0.2, 0.25) is 0 Å². The highest BCUT2D eigenvalue weighted by atomic mass is 16.5. The zero-order valence-corrected chi connectivity index (χ0v) is 14.0. The number of guanidine groups is 1. The second-order valence-electron chi connectivity index (χ2n) is 6.05. The van der Waals surface area contributed by atoms with Crippen molar-refractivity contribution in [3.8, 4) is 0 Å². The molecule has 0 saturated carbocycles. The van der Waals surface area contributed by atoms with Gasteiger partial charge in [-0.3, -0.25) is 9.79 Å². The highest BCUT2D eigenvalue weighted by molar-refractivity contribution is 5.81. The molecule has 0 aromatic carbocycles. The van der Waals surface area contributed by atoms with E-state index >= 15 is 0 Å². The summed E-state index contributed by atoms with van der Waals surface area (Å²) in [5.41, 5.74) is 0. The Morgan fingerprint density at radius 1 is 1.48 bits per heavy atom. The standard InChI is InChI=1S/C16H31N3O2/c1-5-21-15(20)14-9-7-11-19(12-14)16(17-4)18-10-6-8-13(2)3/h13-14H,5-12H2,1-4H3,(H,17,18). The Hall–Kier alpha value is -1.26. The number of hydrogen-bond acceptors (Lipinski definition) is 3. The Balaban J connectivity index is 2.43. The lowest BCUT2D eigenvalue weighted by Crippen LogP contribution is -2.48. The predicted octanol–water partition coefficient (Wildman–Crippen LogP) is 2.27. The Labute approximate surface area is 129 Å². The minimum absolute atomic E-state index is 0.0204. The summed E-state index contributed by atoms with van der Waals surface area (Å²) < 4.78 is 5.14. The lowest BCUT2D eigenvalue weighted by molar-refractivity contribution is -0.149. The Bertz CT molecular complexity index is 342. The van der Waals surface area contributed by atoms with Crippen LogP contribution < -0.4 is 5.32 Å². The Morgan fingerprint density at radius 2 is 2.24 bits per heavy atom. The van der Waals surface area contributed by atoms with E-state index in [-0.39, 0.29) is 11.9 Å². The van der Waals surface area contributed by atoms with E-state index in [2.05, 4.69) is 29.1 Å². The number of nitrogens with one attached hydrogen (secondary N) is 1. The van der Waals surface area contributed by atoms with Crippen molar-refractivity contribution in [3.05, 3.63) is 0 Å². The molecule has 5 nitrogen and oxygen atoms in total. The second-order valence-corrected chi connectivity index (χ2v) is 6.05. The molecule has 5 heteroatoms. The van der Waals surface area contributed by atoms with Crippen LogP contribution in [0.4, 0.5) is 0 Å². The number of esters is 1. The molecule has 0 aliphatic carbocycles. The number of ether oxygens (including phenoxy) is 1. The largest absolute Gasteiger partial charge is 0.466 e. The van der Waals surface area contributed by atoms with Crippen LogP contribution in [0.3, 0.4) is 0 Å². The molecule has 0 spiro atoms. The topological polar surface area (TPSA) is 53.9 Å². The number of aliphatic imine (C=N–C) groups is 1. The van der Waals surface area contributed by atoms with Gasteiger partial charge in [0.15, 0.2) is 5.96 Å². The average Bonchev–Trinajstić information content (AvgIpc) is 2.47. The molecule has 1 unspecified atom stereocenters. The molecule has 0 aromatic rings. The first kappa shape index (κ1) is 17.8. The molecule has 0 aromatic heterocycles. The molecule has 1 aliphatic rings. The fourth-order valence-corrected chi connectivity index (χ4v) is 2.66. The van der Waals surface area contributed by atoms with E-state index in [4.69, 9.17) is 4.74 Å². The first-order valence-electron chi connectivity index (χ1n) is 8.20. The molecule has 1 fully saturated rings. The number of hydrogen-bond donors (Lipinski definition) is 1. The summed E-state index contributed by atoms with van der Waals surface area (Å²) >= 11 is 0. The van der Waals surface area contributed by atoms with Gasteiger partial charge in [0.25, 0.3) is 0 Å². The zero-order valence-electron chi connectivity index (χ0n) is 14.0. The van der Waals surface area contributed by atoms with Gasteiger partial charge in [0, 0.05) is 26.7 Å². The first-order chi connectivity index (χ1) is 10.1. The third kappa shape index (κ3) is 6.36. The molecular formula is C16H31N3O2. The van der Waals surface area contributed by atoms with E-state index in [1.807, 2.05) is 6.92 Å². The summed E-state index contributed by atoms with van der Waals surface area (Å²) in [6.07, 6.45) is 4.29. The fraction of sp³-hybridized carbons (Fsp3) is 0.875. The lowest BCUT2D eigenvalue weighted by atomic mass is 9.98. The third-order valence-corrected chi connectivity index (χ3v) is 3.79. The van der Waals surface area contributed by atoms with Gasteiger partial charge in [-0.1, -0.05) is 13.8 Å². The van der Waals surface area contributed by atoms with E-state index in [1.165, 1.54) is 6.42 Å². The second kappa shape index (κ2) is 9.64. The van der Waals surface area contributed by atoms with Gasteiger partial charge >= 0.3 is 5.97 Å². The maximum absolute atomic E-state index is 11.9. The molecule has 0 amide bonds. The number of carbonyl (C=O) groups is 1. The smallest absolute Gasteiger partial charge is 0.310 e. The summed E-state index contributed by atoms with van der Waals surface area (Å²) in [6.45, 7) is 9.39. The monoisotopic (exact) mass is 297 g/mol. The normalized spacial score (nSPS) is 19.8. The first-order valence-corrected chi connectivity index (χ1v) is 8.20. The quantitative estimate of drug-likeness (QED) is 0.354. The number of likely N-dealkylation sites (tertiary alicyclic amines) is 1. The summed E-state index contributed by atoms with van der Waals surface area (Å²) in [4.78, 5) is 18.4. The van der Waals surface area contributed by atoms with Gasteiger partial charge in [0.05, 0.1) is 12.5 Å². The maximum Gasteiger partial charge on any atom is 0.310 e. The summed E-state index contributed by atoms with van der Waals surface area (Å²) in [7, 11) is 1.80. The number of rotatable bonds is 6. The van der Waals surface area contributed by atoms with Crippen molar-refractivity contribution in [2.75, 3.05) is 33.3 Å². The van der Waals surface area contributed by atoms with E-state index in [0.29, 0.717) is 13.2 Å². The van der Waals surface area contributed by atoms with Crippen molar-refractivity contribution in [2.24, 2.45) is 16.8 Å². The van der Waals surface area contributed by atoms with Gasteiger partial charge < -0.3 is 15.0 Å². The summed E-state index contributed by atoms with van der Waals surface area (Å²) in [5, 5.41) is 3.41. The molecule has 0 bridgehead atoms. The van der Waals surface area contributed by atoms with Crippen LogP contribution in [0.1, 0.15) is 46.5 Å². The van der Waals surface area contributed by atoms with Crippen LogP contribution in [-0.2, 0) is 9.53 Å². The molecule has 1 saturated heterocycles. The van der Waals surface area contributed by atoms with Crippen molar-refractivity contribution in [1.82, 2.24) is 10.2 Å². The van der Waals surface area contributed by atoms with Gasteiger partial charge in [-0.05, 0) is 38.5 Å². The molecule has 1 heterocycles. The highest BCUT2D eigenvalue weighted by Gasteiger charge is 2.28. The van der Waals surface area contributed by atoms with Crippen molar-refractivity contribution < 1.29 is 9.53 Å². The third-order valence-electron chi connectivity index (χ3n) is 3.79. The van der Waals surface area contributed by atoms with Crippen LogP contribution in [-0.4, -0.2) is 50.1 Å². The lowest BCUT2D eigenvalue weighted by Gasteiger charge is -2.34. The van der Waals surface area contributed by atoms with Gasteiger partial charge in [0.2, 0.25) is 0 Å². The average molecular weight is 297 g/mol. The molecule has 1 aliphatic heterocycles. The Morgan fingerprint density at radius 3 is 2.86 bits per heavy atom. The van der Waals surface area contributed by atoms with Crippen LogP contribution in [0.5, 0.6) is 0 Å². The van der Waals surface area contributed by atoms with E-state index in [9.17, 15) is 4.79 Å². The minimum atomic E-state index is -0.0718. The zero-order chi connectivity index (χ0) is 15.7. The highest BCUT2D eigenvalue weighted by Crippen LogP contribution is 2.18. The van der Waals surface area contributed by atoms with E-state index in [0.717, 1.165) is 44.2 Å². The van der Waals surface area contributed by atoms with Crippen LogP contribution >= 0.6 is 0 Å². The van der Waals surface area contributed by atoms with Gasteiger partial charge in [-0.15, -0.1) is 0 Å². The molecule has 1 rings (SSSR count). The van der Waals surface area contributed by atoms with Gasteiger partial charge in [0.1, 0.15) is 0 Å². The number of carbonyl (C=O) groups excluding carboxylic acids is 1. The minimum Gasteiger partial charge on any atom is -0.466 e. The van der Waals surface area contributed by atoms with Crippen molar-refractivity contribution in [1.29, 1.82) is 0 Å². The molecule has 1 atom stereocenters. The maximum atomic E-state index is 11.9. The van der Waals surface area contributed by atoms with Crippen molar-refractivity contribution in [2.45, 2.75) is 46.5 Å². The fourth-order valence-electron chi connectivity index (χ4n) is 2.66. The molecule has 1 N–H and O–H groups in total. The van der Waals surface area contributed by atoms with Crippen molar-refractivity contribution >= 4 is 11.9 Å². The van der Waals surface area contributed by atoms with Gasteiger partial charge in [-0.2, -0.15) is 0 Å². The molecule has 122 valence electrons. The predicted molar refractivity (Wildman–Crippen MR) is 86.4 cm³/mol. The van der Waals surface area contributed by atoms with Crippen LogP contribution in [0.15, 0.2) is 4.99 Å². The van der Waals surface area contributed by atoms with E-state index < -0.39 is 0 Å². The van der Waals surface area contributed by atoms with E-state index in [1.54, 1.807) is 7.05 Å². The van der Waals surface area contributed by atoms with Gasteiger partial charge in [-0.25, -0.2) is 0 Å². The van der Waals surface area contributed by atoms with Crippen molar-refractivity contribution in [3.63, 3.8) is 0 Å². The number of nitrogens with zero attached hydrogens (tertiary/aromatic N) is 2. The molecular weight excluding hydrogens is 266 g/mol. The molecule has 21 heavy (non-hydrogen) atoms. The molecule has 0 radical (unpaired) electrons. The summed E-state index contributed by atoms with van der Waals surface area (Å²) in [5.74, 6) is 1.55. The summed E-state index contributed by atoms with van der Waals surface area (Å²) in [6, 6.07) is 0. The van der Waals surface area contributed by atoms with Crippen LogP contribution in [0.25, 0.3) is 0 Å².